The van der Waals surface area contributed by atoms with Gasteiger partial charge in [0.05, 0.1) is 6.42 Å². The van der Waals surface area contributed by atoms with Gasteiger partial charge in [0.15, 0.2) is 0 Å². The van der Waals surface area contributed by atoms with Crippen molar-refractivity contribution in [2.24, 2.45) is 5.41 Å². The zero-order valence-electron chi connectivity index (χ0n) is 12.0. The molecule has 0 aromatic carbocycles. The molecule has 2 aromatic heterocycles. The number of aromatic nitrogens is 2. The topological polar surface area (TPSA) is 70.9 Å². The smallest absolute Gasteiger partial charge is 0.271 e. The van der Waals surface area contributed by atoms with Crippen molar-refractivity contribution >= 4 is 5.91 Å². The van der Waals surface area contributed by atoms with Gasteiger partial charge in [-0.1, -0.05) is 13.8 Å². The van der Waals surface area contributed by atoms with Crippen LogP contribution in [0.1, 0.15) is 47.4 Å². The zero-order chi connectivity index (χ0) is 14.3. The van der Waals surface area contributed by atoms with E-state index in [1.165, 1.54) is 0 Å². The predicted molar refractivity (Wildman–Crippen MR) is 74.7 cm³/mol. The number of hydrogen-bond donors (Lipinski definition) is 2. The summed E-state index contributed by atoms with van der Waals surface area (Å²) in [6.45, 7) is 6.86. The lowest BCUT2D eigenvalue weighted by atomic mass is 9.88. The normalized spacial score (nSPS) is 17.4. The predicted octanol–water partition coefficient (Wildman–Crippen LogP) is 2.21. The molecule has 2 aromatic rings. The summed E-state index contributed by atoms with van der Waals surface area (Å²) >= 11 is 0. The number of aryl methyl sites for hydroxylation is 1. The second-order valence-electron chi connectivity index (χ2n) is 6.22. The maximum Gasteiger partial charge on any atom is 0.271 e. The van der Waals surface area contributed by atoms with Crippen LogP contribution in [0.25, 0.3) is 0 Å². The molecule has 1 aliphatic rings. The quantitative estimate of drug-likeness (QED) is 0.881. The van der Waals surface area contributed by atoms with Gasteiger partial charge in [0.1, 0.15) is 23.0 Å². The SMILES string of the molecule is Cc1ccc(Cc2nc3c([nH]2)CC(C)(C)CNC3=O)o1. The second-order valence-corrected chi connectivity index (χ2v) is 6.22. The molecule has 1 aliphatic heterocycles. The van der Waals surface area contributed by atoms with Crippen LogP contribution in [0.5, 0.6) is 0 Å². The third-order valence-electron chi connectivity index (χ3n) is 3.56. The fraction of sp³-hybridized carbons (Fsp3) is 0.467. The highest BCUT2D eigenvalue weighted by atomic mass is 16.3. The summed E-state index contributed by atoms with van der Waals surface area (Å²) in [5.41, 5.74) is 1.48. The average molecular weight is 273 g/mol. The Kier molecular flexibility index (Phi) is 2.92. The summed E-state index contributed by atoms with van der Waals surface area (Å²) in [5, 5.41) is 2.93. The highest BCUT2D eigenvalue weighted by Crippen LogP contribution is 2.25. The molecule has 20 heavy (non-hydrogen) atoms. The van der Waals surface area contributed by atoms with Crippen LogP contribution in [0.15, 0.2) is 16.5 Å². The molecule has 5 nitrogen and oxygen atoms in total. The lowest BCUT2D eigenvalue weighted by Gasteiger charge is -2.21. The number of aromatic amines is 1. The fourth-order valence-corrected chi connectivity index (χ4v) is 2.55. The summed E-state index contributed by atoms with van der Waals surface area (Å²) in [5.74, 6) is 2.42. The van der Waals surface area contributed by atoms with Crippen molar-refractivity contribution in [3.8, 4) is 0 Å². The number of H-pyrrole nitrogens is 1. The van der Waals surface area contributed by atoms with Gasteiger partial charge in [0.2, 0.25) is 0 Å². The van der Waals surface area contributed by atoms with Crippen LogP contribution in [-0.2, 0) is 12.8 Å². The van der Waals surface area contributed by atoms with Gasteiger partial charge in [-0.2, -0.15) is 0 Å². The molecule has 0 bridgehead atoms. The van der Waals surface area contributed by atoms with E-state index >= 15 is 0 Å². The van der Waals surface area contributed by atoms with E-state index in [4.69, 9.17) is 4.42 Å². The third kappa shape index (κ3) is 2.48. The molecule has 0 saturated carbocycles. The molecule has 1 amide bonds. The van der Waals surface area contributed by atoms with Crippen molar-refractivity contribution < 1.29 is 9.21 Å². The first kappa shape index (κ1) is 13.0. The number of carbonyl (C=O) groups excluding carboxylic acids is 1. The molecule has 0 atom stereocenters. The van der Waals surface area contributed by atoms with Gasteiger partial charge < -0.3 is 14.7 Å². The van der Waals surface area contributed by atoms with Gasteiger partial charge >= 0.3 is 0 Å². The summed E-state index contributed by atoms with van der Waals surface area (Å²) in [4.78, 5) is 19.8. The van der Waals surface area contributed by atoms with Crippen LogP contribution in [0.4, 0.5) is 0 Å². The minimum atomic E-state index is -0.0938. The van der Waals surface area contributed by atoms with Crippen LogP contribution >= 0.6 is 0 Å². The zero-order valence-corrected chi connectivity index (χ0v) is 12.0. The van der Waals surface area contributed by atoms with Crippen LogP contribution in [0.3, 0.4) is 0 Å². The summed E-state index contributed by atoms with van der Waals surface area (Å²) in [7, 11) is 0. The van der Waals surface area contributed by atoms with Gasteiger partial charge in [-0.3, -0.25) is 4.79 Å². The van der Waals surface area contributed by atoms with Gasteiger partial charge in [-0.15, -0.1) is 0 Å². The molecule has 0 radical (unpaired) electrons. The van der Waals surface area contributed by atoms with E-state index < -0.39 is 0 Å². The number of rotatable bonds is 2. The molecule has 5 heteroatoms. The van der Waals surface area contributed by atoms with E-state index in [0.29, 0.717) is 18.7 Å². The van der Waals surface area contributed by atoms with Crippen LogP contribution < -0.4 is 5.32 Å². The maximum absolute atomic E-state index is 12.0. The van der Waals surface area contributed by atoms with Crippen molar-refractivity contribution in [3.05, 3.63) is 40.9 Å². The number of imidazole rings is 1. The second kappa shape index (κ2) is 4.51. The van der Waals surface area contributed by atoms with Gasteiger partial charge in [-0.25, -0.2) is 4.98 Å². The molecule has 106 valence electrons. The number of fused-ring (bicyclic) bond motifs is 1. The van der Waals surface area contributed by atoms with Crippen molar-refractivity contribution in [1.82, 2.24) is 15.3 Å². The van der Waals surface area contributed by atoms with Gasteiger partial charge in [0.25, 0.3) is 5.91 Å². The molecule has 0 saturated heterocycles. The minimum Gasteiger partial charge on any atom is -0.466 e. The lowest BCUT2D eigenvalue weighted by Crippen LogP contribution is -2.32. The molecule has 2 N–H and O–H groups in total. The van der Waals surface area contributed by atoms with E-state index in [2.05, 4.69) is 29.1 Å². The van der Waals surface area contributed by atoms with Gasteiger partial charge in [0, 0.05) is 12.2 Å². The number of carbonyl (C=O) groups is 1. The van der Waals surface area contributed by atoms with E-state index in [0.717, 1.165) is 29.5 Å². The Hall–Kier alpha value is -2.04. The van der Waals surface area contributed by atoms with Crippen molar-refractivity contribution in [1.29, 1.82) is 0 Å². The number of furan rings is 1. The van der Waals surface area contributed by atoms with E-state index in [-0.39, 0.29) is 11.3 Å². The van der Waals surface area contributed by atoms with Crippen LogP contribution in [0.2, 0.25) is 0 Å². The van der Waals surface area contributed by atoms with Crippen LogP contribution in [0, 0.1) is 12.3 Å². The Morgan fingerprint density at radius 3 is 2.90 bits per heavy atom. The molecule has 0 fully saturated rings. The Labute approximate surface area is 117 Å². The molecule has 0 unspecified atom stereocenters. The maximum atomic E-state index is 12.0. The first-order chi connectivity index (χ1) is 9.43. The Balaban J connectivity index is 1.89. The number of nitrogens with zero attached hydrogens (tertiary/aromatic N) is 1. The highest BCUT2D eigenvalue weighted by molar-refractivity contribution is 5.93. The number of amides is 1. The average Bonchev–Trinajstić information content (AvgIpc) is 2.91. The molecule has 3 heterocycles. The fourth-order valence-electron chi connectivity index (χ4n) is 2.55. The van der Waals surface area contributed by atoms with Crippen molar-refractivity contribution in [2.75, 3.05) is 6.54 Å². The molecular weight excluding hydrogens is 254 g/mol. The van der Waals surface area contributed by atoms with E-state index in [1.54, 1.807) is 0 Å². The van der Waals surface area contributed by atoms with Crippen molar-refractivity contribution in [3.63, 3.8) is 0 Å². The molecule has 0 spiro atoms. The minimum absolute atomic E-state index is 0.0337. The number of nitrogens with one attached hydrogen (secondary N) is 2. The highest BCUT2D eigenvalue weighted by Gasteiger charge is 2.29. The van der Waals surface area contributed by atoms with Crippen LogP contribution in [-0.4, -0.2) is 22.4 Å². The van der Waals surface area contributed by atoms with Crippen molar-refractivity contribution in [2.45, 2.75) is 33.6 Å². The molecular formula is C15H19N3O2. The molecule has 3 rings (SSSR count). The Bertz CT molecular complexity index is 652. The number of hydrogen-bond acceptors (Lipinski definition) is 3. The molecule has 0 aliphatic carbocycles. The Morgan fingerprint density at radius 2 is 2.20 bits per heavy atom. The van der Waals surface area contributed by atoms with E-state index in [9.17, 15) is 4.79 Å². The van der Waals surface area contributed by atoms with E-state index in [1.807, 2.05) is 19.1 Å². The summed E-state index contributed by atoms with van der Waals surface area (Å²) in [6.07, 6.45) is 1.39. The first-order valence-corrected chi connectivity index (χ1v) is 6.84. The van der Waals surface area contributed by atoms with Gasteiger partial charge in [-0.05, 0) is 30.9 Å². The third-order valence-corrected chi connectivity index (χ3v) is 3.56. The summed E-state index contributed by atoms with van der Waals surface area (Å²) in [6, 6.07) is 3.87. The summed E-state index contributed by atoms with van der Waals surface area (Å²) < 4.78 is 5.55. The lowest BCUT2D eigenvalue weighted by molar-refractivity contribution is 0.0940. The first-order valence-electron chi connectivity index (χ1n) is 6.84. The Morgan fingerprint density at radius 1 is 1.40 bits per heavy atom. The monoisotopic (exact) mass is 273 g/mol. The largest absolute Gasteiger partial charge is 0.466 e. The standard InChI is InChI=1S/C15H19N3O2/c1-9-4-5-10(20-9)6-12-17-11-7-15(2,3)8-16-14(19)13(11)18-12/h4-5H,6-8H2,1-3H3,(H,16,19)(H,17,18).